The van der Waals surface area contributed by atoms with Crippen LogP contribution >= 0.6 is 0 Å². The molecule has 2 heterocycles. The Bertz CT molecular complexity index is 655. The molecule has 3 rings (SSSR count). The summed E-state index contributed by atoms with van der Waals surface area (Å²) in [6.07, 6.45) is 6.94. The highest BCUT2D eigenvalue weighted by atomic mass is 16.3. The van der Waals surface area contributed by atoms with E-state index in [2.05, 4.69) is 16.0 Å². The van der Waals surface area contributed by atoms with Crippen LogP contribution in [-0.2, 0) is 16.1 Å². The number of aliphatic imine (C=N–C) groups is 1. The van der Waals surface area contributed by atoms with Gasteiger partial charge in [0.2, 0.25) is 11.8 Å². The van der Waals surface area contributed by atoms with Crippen LogP contribution in [0, 0.1) is 5.92 Å². The monoisotopic (exact) mass is 333 g/mol. The Morgan fingerprint density at radius 3 is 2.83 bits per heavy atom. The molecule has 0 spiro atoms. The molecule has 128 valence electrons. The lowest BCUT2D eigenvalue weighted by molar-refractivity contribution is -0.428. The number of rotatable bonds is 4. The van der Waals surface area contributed by atoms with E-state index in [0.717, 1.165) is 30.6 Å². The van der Waals surface area contributed by atoms with Gasteiger partial charge in [0.25, 0.3) is 0 Å². The SMILES string of the molecule is [NH3+][C@@H]1CCCC[C@H]1N=C[C@H]1C(=O)NC(=O)N(Cc2ccco2)C1=O. The summed E-state index contributed by atoms with van der Waals surface area (Å²) in [5, 5.41) is 2.20. The zero-order valence-electron chi connectivity index (χ0n) is 13.3. The molecule has 1 aliphatic carbocycles. The molecule has 3 atom stereocenters. The fraction of sp³-hybridized carbons (Fsp3) is 0.500. The van der Waals surface area contributed by atoms with Gasteiger partial charge in [0.1, 0.15) is 17.8 Å². The Balaban J connectivity index is 1.72. The highest BCUT2D eigenvalue weighted by molar-refractivity contribution is 6.23. The molecular weight excluding hydrogens is 312 g/mol. The summed E-state index contributed by atoms with van der Waals surface area (Å²) in [5.74, 6) is -1.85. The van der Waals surface area contributed by atoms with Crippen molar-refractivity contribution in [2.75, 3.05) is 0 Å². The van der Waals surface area contributed by atoms with Crippen molar-refractivity contribution in [3.8, 4) is 0 Å². The van der Waals surface area contributed by atoms with E-state index >= 15 is 0 Å². The lowest BCUT2D eigenvalue weighted by Gasteiger charge is -2.28. The molecule has 24 heavy (non-hydrogen) atoms. The number of hydrogen-bond acceptors (Lipinski definition) is 5. The van der Waals surface area contributed by atoms with Crippen LogP contribution in [0.4, 0.5) is 4.79 Å². The molecule has 1 aliphatic heterocycles. The Morgan fingerprint density at radius 2 is 2.12 bits per heavy atom. The largest absolute Gasteiger partial charge is 0.467 e. The number of amides is 4. The van der Waals surface area contributed by atoms with E-state index in [0.29, 0.717) is 5.76 Å². The Morgan fingerprint density at radius 1 is 1.33 bits per heavy atom. The summed E-state index contributed by atoms with van der Waals surface area (Å²) < 4.78 is 5.16. The molecule has 2 fully saturated rings. The molecule has 0 unspecified atom stereocenters. The minimum absolute atomic E-state index is 0.0172. The number of barbiturate groups is 1. The number of urea groups is 1. The van der Waals surface area contributed by atoms with Gasteiger partial charge in [-0.3, -0.25) is 24.8 Å². The van der Waals surface area contributed by atoms with Crippen molar-refractivity contribution in [2.24, 2.45) is 10.9 Å². The Labute approximate surface area is 139 Å². The van der Waals surface area contributed by atoms with Crippen LogP contribution in [-0.4, -0.2) is 41.0 Å². The van der Waals surface area contributed by atoms with Crippen molar-refractivity contribution in [3.05, 3.63) is 24.2 Å². The molecule has 8 heteroatoms. The van der Waals surface area contributed by atoms with E-state index in [1.54, 1.807) is 12.1 Å². The maximum Gasteiger partial charge on any atom is 0.331 e. The molecule has 1 saturated carbocycles. The lowest BCUT2D eigenvalue weighted by Crippen LogP contribution is -2.66. The quantitative estimate of drug-likeness (QED) is 0.599. The van der Waals surface area contributed by atoms with Gasteiger partial charge in [-0.05, 0) is 25.0 Å². The number of nitrogens with one attached hydrogen (secondary N) is 1. The van der Waals surface area contributed by atoms with Crippen LogP contribution in [0.3, 0.4) is 0 Å². The molecule has 1 aromatic heterocycles. The van der Waals surface area contributed by atoms with Gasteiger partial charge in [0, 0.05) is 12.6 Å². The fourth-order valence-electron chi connectivity index (χ4n) is 3.05. The van der Waals surface area contributed by atoms with Crippen molar-refractivity contribution in [1.29, 1.82) is 0 Å². The van der Waals surface area contributed by atoms with E-state index in [-0.39, 0.29) is 18.6 Å². The molecule has 0 bridgehead atoms. The second kappa shape index (κ2) is 6.96. The van der Waals surface area contributed by atoms with Gasteiger partial charge >= 0.3 is 6.03 Å². The molecule has 0 aromatic carbocycles. The van der Waals surface area contributed by atoms with Gasteiger partial charge in [0.05, 0.1) is 12.8 Å². The van der Waals surface area contributed by atoms with Crippen molar-refractivity contribution in [1.82, 2.24) is 10.2 Å². The average molecular weight is 333 g/mol. The fourth-order valence-corrected chi connectivity index (χ4v) is 3.05. The minimum atomic E-state index is -1.09. The van der Waals surface area contributed by atoms with Crippen LogP contribution in [0.5, 0.6) is 0 Å². The first-order valence-electron chi connectivity index (χ1n) is 8.11. The van der Waals surface area contributed by atoms with E-state index < -0.39 is 23.8 Å². The first-order valence-corrected chi connectivity index (χ1v) is 8.11. The first kappa shape index (κ1) is 16.4. The van der Waals surface area contributed by atoms with Crippen molar-refractivity contribution < 1.29 is 24.5 Å². The molecular formula is C16H21N4O4+. The Kier molecular flexibility index (Phi) is 4.75. The number of hydrogen-bond donors (Lipinski definition) is 2. The summed E-state index contributed by atoms with van der Waals surface area (Å²) in [5.41, 5.74) is 4.08. The molecule has 0 radical (unpaired) electrons. The van der Waals surface area contributed by atoms with Crippen LogP contribution < -0.4 is 11.1 Å². The molecule has 4 N–H and O–H groups in total. The number of furan rings is 1. The molecule has 4 amide bonds. The van der Waals surface area contributed by atoms with Crippen LogP contribution in [0.2, 0.25) is 0 Å². The summed E-state index contributed by atoms with van der Waals surface area (Å²) in [6.45, 7) is -0.0172. The third-order valence-corrected chi connectivity index (χ3v) is 4.48. The topological polar surface area (TPSA) is 120 Å². The van der Waals surface area contributed by atoms with Crippen molar-refractivity contribution in [2.45, 2.75) is 44.3 Å². The second-order valence-corrected chi connectivity index (χ2v) is 6.19. The second-order valence-electron chi connectivity index (χ2n) is 6.19. The van der Waals surface area contributed by atoms with Crippen molar-refractivity contribution in [3.63, 3.8) is 0 Å². The summed E-state index contributed by atoms with van der Waals surface area (Å²) in [7, 11) is 0. The zero-order chi connectivity index (χ0) is 17.1. The van der Waals surface area contributed by atoms with E-state index in [4.69, 9.17) is 4.42 Å². The summed E-state index contributed by atoms with van der Waals surface area (Å²) >= 11 is 0. The normalized spacial score (nSPS) is 28.5. The van der Waals surface area contributed by atoms with Gasteiger partial charge in [-0.15, -0.1) is 0 Å². The van der Waals surface area contributed by atoms with Crippen LogP contribution in [0.25, 0.3) is 0 Å². The van der Waals surface area contributed by atoms with Crippen LogP contribution in [0.15, 0.2) is 27.8 Å². The smallest absolute Gasteiger partial charge is 0.331 e. The van der Waals surface area contributed by atoms with E-state index in [1.165, 1.54) is 12.5 Å². The number of carbonyl (C=O) groups is 3. The first-order chi connectivity index (χ1) is 11.6. The molecule has 1 aromatic rings. The highest BCUT2D eigenvalue weighted by Gasteiger charge is 2.40. The van der Waals surface area contributed by atoms with Gasteiger partial charge in [-0.25, -0.2) is 4.79 Å². The van der Waals surface area contributed by atoms with Gasteiger partial charge in [0.15, 0.2) is 5.92 Å². The number of carbonyl (C=O) groups excluding carboxylic acids is 3. The average Bonchev–Trinajstić information content (AvgIpc) is 3.06. The minimum Gasteiger partial charge on any atom is -0.467 e. The molecule has 8 nitrogen and oxygen atoms in total. The summed E-state index contributed by atoms with van der Waals surface area (Å²) in [6, 6.07) is 2.81. The standard InChI is InChI=1S/C16H20N4O4/c17-12-5-1-2-6-13(12)18-8-11-14(21)19-16(23)20(15(11)22)9-10-4-3-7-24-10/h3-4,7-8,11-13H,1-2,5-6,9,17H2,(H,19,21,23)/p+1/t11-,12+,13+/m0/s1. The third kappa shape index (κ3) is 3.38. The molecule has 2 aliphatic rings. The van der Waals surface area contributed by atoms with Crippen LogP contribution in [0.1, 0.15) is 31.4 Å². The number of quaternary nitrogens is 1. The van der Waals surface area contributed by atoms with Gasteiger partial charge in [-0.2, -0.15) is 0 Å². The number of imide groups is 2. The van der Waals surface area contributed by atoms with Gasteiger partial charge in [-0.1, -0.05) is 6.42 Å². The zero-order valence-corrected chi connectivity index (χ0v) is 13.3. The maximum absolute atomic E-state index is 12.5. The summed E-state index contributed by atoms with van der Waals surface area (Å²) in [4.78, 5) is 41.8. The van der Waals surface area contributed by atoms with Crippen molar-refractivity contribution >= 4 is 24.1 Å². The third-order valence-electron chi connectivity index (χ3n) is 4.48. The molecule has 1 saturated heterocycles. The Hall–Kier alpha value is -2.48. The van der Waals surface area contributed by atoms with Gasteiger partial charge < -0.3 is 10.2 Å². The highest BCUT2D eigenvalue weighted by Crippen LogP contribution is 2.19. The number of nitrogens with zero attached hydrogens (tertiary/aromatic N) is 2. The predicted octanol–water partition coefficient (Wildman–Crippen LogP) is 0.0981. The van der Waals surface area contributed by atoms with E-state index in [9.17, 15) is 14.4 Å². The van der Waals surface area contributed by atoms with E-state index in [1.807, 2.05) is 0 Å². The lowest BCUT2D eigenvalue weighted by atomic mass is 9.91. The predicted molar refractivity (Wildman–Crippen MR) is 83.7 cm³/mol. The maximum atomic E-state index is 12.5.